The van der Waals surface area contributed by atoms with Gasteiger partial charge in [0, 0.05) is 18.1 Å². The average Bonchev–Trinajstić information content (AvgIpc) is 3.08. The summed E-state index contributed by atoms with van der Waals surface area (Å²) in [6, 6.07) is 0.843. The molecule has 0 amide bonds. The maximum atomic E-state index is 6.06. The molecule has 0 saturated heterocycles. The summed E-state index contributed by atoms with van der Waals surface area (Å²) in [6.45, 7) is 8.84. The summed E-state index contributed by atoms with van der Waals surface area (Å²) in [7, 11) is 0. The predicted octanol–water partition coefficient (Wildman–Crippen LogP) is 2.77. The number of rotatable bonds is 8. The van der Waals surface area contributed by atoms with E-state index in [4.69, 9.17) is 5.73 Å². The van der Waals surface area contributed by atoms with Gasteiger partial charge in [-0.15, -0.1) is 0 Å². The van der Waals surface area contributed by atoms with Gasteiger partial charge in [-0.2, -0.15) is 0 Å². The first-order valence-electron chi connectivity index (χ1n) is 6.70. The van der Waals surface area contributed by atoms with Gasteiger partial charge in [-0.1, -0.05) is 33.6 Å². The number of hydrogen-bond acceptors (Lipinski definition) is 2. The molecular formula is C13H28N2. The van der Waals surface area contributed by atoms with Gasteiger partial charge in [0.2, 0.25) is 0 Å². The fourth-order valence-electron chi connectivity index (χ4n) is 2.76. The molecule has 1 atom stereocenters. The Labute approximate surface area is 95.2 Å². The molecule has 1 aliphatic carbocycles. The molecule has 15 heavy (non-hydrogen) atoms. The van der Waals surface area contributed by atoms with Crippen molar-refractivity contribution >= 4 is 0 Å². The third-order valence-corrected chi connectivity index (χ3v) is 3.97. The molecule has 1 aliphatic rings. The predicted molar refractivity (Wildman–Crippen MR) is 67.0 cm³/mol. The summed E-state index contributed by atoms with van der Waals surface area (Å²) >= 11 is 0. The molecule has 2 nitrogen and oxygen atoms in total. The summed E-state index contributed by atoms with van der Waals surface area (Å²) in [5, 5.41) is 0. The van der Waals surface area contributed by atoms with Crippen molar-refractivity contribution in [3.8, 4) is 0 Å². The molecule has 1 saturated carbocycles. The average molecular weight is 212 g/mol. The number of nitrogens with zero attached hydrogens (tertiary/aromatic N) is 1. The zero-order valence-electron chi connectivity index (χ0n) is 10.8. The van der Waals surface area contributed by atoms with Crippen LogP contribution < -0.4 is 5.73 Å². The third-order valence-electron chi connectivity index (χ3n) is 3.97. The highest BCUT2D eigenvalue weighted by Crippen LogP contribution is 2.36. The van der Waals surface area contributed by atoms with Crippen LogP contribution in [0.2, 0.25) is 0 Å². The Kier molecular flexibility index (Phi) is 5.07. The van der Waals surface area contributed by atoms with E-state index >= 15 is 0 Å². The minimum atomic E-state index is 0.298. The van der Waals surface area contributed by atoms with Gasteiger partial charge in [-0.3, -0.25) is 4.90 Å². The molecule has 90 valence electrons. The Morgan fingerprint density at radius 3 is 2.27 bits per heavy atom. The third kappa shape index (κ3) is 2.94. The molecule has 1 unspecified atom stereocenters. The second-order valence-electron chi connectivity index (χ2n) is 4.90. The minimum Gasteiger partial charge on any atom is -0.329 e. The first kappa shape index (κ1) is 13.0. The second-order valence-corrected chi connectivity index (χ2v) is 4.90. The van der Waals surface area contributed by atoms with E-state index in [0.29, 0.717) is 5.54 Å². The fraction of sp³-hybridized carbons (Fsp3) is 1.00. The second kappa shape index (κ2) is 5.86. The van der Waals surface area contributed by atoms with Crippen LogP contribution in [0.15, 0.2) is 0 Å². The van der Waals surface area contributed by atoms with Crippen molar-refractivity contribution in [3.05, 3.63) is 0 Å². The molecular weight excluding hydrogens is 184 g/mol. The Morgan fingerprint density at radius 1 is 1.27 bits per heavy atom. The lowest BCUT2D eigenvalue weighted by Crippen LogP contribution is -2.54. The molecule has 0 spiro atoms. The summed E-state index contributed by atoms with van der Waals surface area (Å²) in [6.07, 6.45) is 7.86. The van der Waals surface area contributed by atoms with Crippen LogP contribution >= 0.6 is 0 Å². The molecule has 1 rings (SSSR count). The zero-order valence-corrected chi connectivity index (χ0v) is 10.8. The van der Waals surface area contributed by atoms with Gasteiger partial charge < -0.3 is 5.73 Å². The van der Waals surface area contributed by atoms with E-state index < -0.39 is 0 Å². The van der Waals surface area contributed by atoms with Crippen molar-refractivity contribution in [1.29, 1.82) is 0 Å². The van der Waals surface area contributed by atoms with E-state index in [-0.39, 0.29) is 0 Å². The first-order chi connectivity index (χ1) is 7.24. The maximum absolute atomic E-state index is 6.06. The molecule has 2 N–H and O–H groups in total. The number of nitrogens with two attached hydrogens (primary N) is 1. The molecule has 0 aliphatic heterocycles. The lowest BCUT2D eigenvalue weighted by atomic mass is 9.87. The lowest BCUT2D eigenvalue weighted by molar-refractivity contribution is 0.0754. The van der Waals surface area contributed by atoms with Gasteiger partial charge in [-0.05, 0) is 32.2 Å². The SMILES string of the molecule is CCCCC(CC)(CN)N(CC)C1CC1. The van der Waals surface area contributed by atoms with Crippen LogP contribution in [-0.4, -0.2) is 29.6 Å². The van der Waals surface area contributed by atoms with Gasteiger partial charge in [0.25, 0.3) is 0 Å². The van der Waals surface area contributed by atoms with Crippen molar-refractivity contribution in [1.82, 2.24) is 4.90 Å². The molecule has 0 bridgehead atoms. The van der Waals surface area contributed by atoms with Crippen LogP contribution in [0.25, 0.3) is 0 Å². The van der Waals surface area contributed by atoms with Crippen molar-refractivity contribution < 1.29 is 0 Å². The Hall–Kier alpha value is -0.0800. The van der Waals surface area contributed by atoms with Gasteiger partial charge in [0.15, 0.2) is 0 Å². The Bertz CT molecular complexity index is 171. The largest absolute Gasteiger partial charge is 0.329 e. The number of likely N-dealkylation sites (N-methyl/N-ethyl adjacent to an activating group) is 1. The van der Waals surface area contributed by atoms with Crippen molar-refractivity contribution in [2.24, 2.45) is 5.73 Å². The first-order valence-corrected chi connectivity index (χ1v) is 6.70. The number of unbranched alkanes of at least 4 members (excludes halogenated alkanes) is 1. The van der Waals surface area contributed by atoms with E-state index in [1.165, 1.54) is 45.1 Å². The van der Waals surface area contributed by atoms with E-state index in [1.807, 2.05) is 0 Å². The molecule has 0 aromatic carbocycles. The van der Waals surface area contributed by atoms with Gasteiger partial charge >= 0.3 is 0 Å². The molecule has 0 radical (unpaired) electrons. The van der Waals surface area contributed by atoms with Crippen molar-refractivity contribution in [3.63, 3.8) is 0 Å². The lowest BCUT2D eigenvalue weighted by Gasteiger charge is -2.43. The van der Waals surface area contributed by atoms with Crippen LogP contribution in [0.3, 0.4) is 0 Å². The topological polar surface area (TPSA) is 29.3 Å². The van der Waals surface area contributed by atoms with E-state index in [2.05, 4.69) is 25.7 Å². The van der Waals surface area contributed by atoms with Gasteiger partial charge in [0.05, 0.1) is 0 Å². The van der Waals surface area contributed by atoms with E-state index in [1.54, 1.807) is 0 Å². The highest BCUT2D eigenvalue weighted by atomic mass is 15.2. The molecule has 0 aromatic heterocycles. The minimum absolute atomic E-state index is 0.298. The molecule has 1 fully saturated rings. The normalized spacial score (nSPS) is 20.6. The van der Waals surface area contributed by atoms with Crippen LogP contribution in [-0.2, 0) is 0 Å². The van der Waals surface area contributed by atoms with Crippen molar-refractivity contribution in [2.45, 2.75) is 70.9 Å². The molecule has 2 heteroatoms. The highest BCUT2D eigenvalue weighted by Gasteiger charge is 2.40. The van der Waals surface area contributed by atoms with Crippen LogP contribution in [0.4, 0.5) is 0 Å². The highest BCUT2D eigenvalue weighted by molar-refractivity contribution is 4.98. The van der Waals surface area contributed by atoms with Gasteiger partial charge in [-0.25, -0.2) is 0 Å². The van der Waals surface area contributed by atoms with Crippen LogP contribution in [0, 0.1) is 0 Å². The standard InChI is InChI=1S/C13H28N2/c1-4-7-10-13(5-2,11-14)15(6-3)12-8-9-12/h12H,4-11,14H2,1-3H3. The zero-order chi connectivity index (χ0) is 11.3. The fourth-order valence-corrected chi connectivity index (χ4v) is 2.76. The van der Waals surface area contributed by atoms with Crippen molar-refractivity contribution in [2.75, 3.05) is 13.1 Å². The molecule has 0 heterocycles. The Balaban J connectivity index is 2.66. The summed E-state index contributed by atoms with van der Waals surface area (Å²) in [4.78, 5) is 2.68. The smallest absolute Gasteiger partial charge is 0.0331 e. The summed E-state index contributed by atoms with van der Waals surface area (Å²) in [5.74, 6) is 0. The number of hydrogen-bond donors (Lipinski definition) is 1. The monoisotopic (exact) mass is 212 g/mol. The summed E-state index contributed by atoms with van der Waals surface area (Å²) in [5.41, 5.74) is 6.36. The van der Waals surface area contributed by atoms with Crippen LogP contribution in [0.1, 0.15) is 59.3 Å². The summed E-state index contributed by atoms with van der Waals surface area (Å²) < 4.78 is 0. The van der Waals surface area contributed by atoms with E-state index in [0.717, 1.165) is 12.6 Å². The Morgan fingerprint density at radius 2 is 1.93 bits per heavy atom. The quantitative estimate of drug-likeness (QED) is 0.670. The molecule has 0 aromatic rings. The van der Waals surface area contributed by atoms with Gasteiger partial charge in [0.1, 0.15) is 0 Å². The van der Waals surface area contributed by atoms with Crippen LogP contribution in [0.5, 0.6) is 0 Å². The maximum Gasteiger partial charge on any atom is 0.0331 e. The van der Waals surface area contributed by atoms with E-state index in [9.17, 15) is 0 Å².